The van der Waals surface area contributed by atoms with E-state index >= 15 is 0 Å². The fraction of sp³-hybridized carbons (Fsp3) is 0.273. The zero-order valence-electron chi connectivity index (χ0n) is 8.16. The van der Waals surface area contributed by atoms with Crippen molar-refractivity contribution in [3.63, 3.8) is 0 Å². The molecule has 0 aromatic heterocycles. The summed E-state index contributed by atoms with van der Waals surface area (Å²) in [5, 5.41) is 15.5. The molecule has 0 spiro atoms. The van der Waals surface area contributed by atoms with Crippen LogP contribution in [-0.2, 0) is 0 Å². The van der Waals surface area contributed by atoms with Gasteiger partial charge in [-0.3, -0.25) is 0 Å². The zero-order valence-corrected chi connectivity index (χ0v) is 8.97. The van der Waals surface area contributed by atoms with Gasteiger partial charge in [0.15, 0.2) is 5.11 Å². The number of thiocarbonyl (C=S) groups is 1. The van der Waals surface area contributed by atoms with Gasteiger partial charge in [-0.05, 0) is 49.3 Å². The lowest BCUT2D eigenvalue weighted by Crippen LogP contribution is -2.30. The minimum absolute atomic E-state index is 0.559. The van der Waals surface area contributed by atoms with Crippen LogP contribution in [-0.4, -0.2) is 11.2 Å². The number of nitrogens with zero attached hydrogens (tertiary/aromatic N) is 1. The summed E-state index contributed by atoms with van der Waals surface area (Å²) in [6, 6.07) is 9.86. The van der Waals surface area contributed by atoms with E-state index in [1.807, 2.05) is 12.1 Å². The Hall–Kier alpha value is -1.60. The largest absolute Gasteiger partial charge is 0.360 e. The second kappa shape index (κ2) is 4.28. The number of hydrogen-bond donors (Lipinski definition) is 2. The quantitative estimate of drug-likeness (QED) is 0.744. The second-order valence-corrected chi connectivity index (χ2v) is 3.97. The molecule has 0 unspecified atom stereocenters. The summed E-state index contributed by atoms with van der Waals surface area (Å²) in [6.45, 7) is 0. The second-order valence-electron chi connectivity index (χ2n) is 3.56. The molecule has 2 rings (SSSR count). The van der Waals surface area contributed by atoms with Gasteiger partial charge in [-0.2, -0.15) is 5.26 Å². The maximum Gasteiger partial charge on any atom is 0.170 e. The molecule has 2 N–H and O–H groups in total. The molecule has 15 heavy (non-hydrogen) atoms. The maximum absolute atomic E-state index is 8.63. The Kier molecular flexibility index (Phi) is 2.84. The van der Waals surface area contributed by atoms with Crippen molar-refractivity contribution in [2.45, 2.75) is 18.9 Å². The molecular formula is C11H11N3S. The molecule has 1 aromatic carbocycles. The predicted octanol–water partition coefficient (Wildman–Crippen LogP) is 2.01. The van der Waals surface area contributed by atoms with Gasteiger partial charge in [0, 0.05) is 11.7 Å². The highest BCUT2D eigenvalue weighted by atomic mass is 32.1. The molecular weight excluding hydrogens is 206 g/mol. The van der Waals surface area contributed by atoms with E-state index in [9.17, 15) is 0 Å². The standard InChI is InChI=1S/C11H11N3S/c12-7-8-1-3-9(4-2-8)13-11(15)14-10-5-6-10/h1-4,10H,5-6H2,(H2,13,14,15). The van der Waals surface area contributed by atoms with Crippen LogP contribution in [0.15, 0.2) is 24.3 Å². The summed E-state index contributed by atoms with van der Waals surface area (Å²) in [7, 11) is 0. The Labute approximate surface area is 94.1 Å². The summed E-state index contributed by atoms with van der Waals surface area (Å²) < 4.78 is 0. The highest BCUT2D eigenvalue weighted by Crippen LogP contribution is 2.18. The first-order valence-electron chi connectivity index (χ1n) is 4.85. The number of benzene rings is 1. The molecule has 0 heterocycles. The summed E-state index contributed by atoms with van der Waals surface area (Å²) >= 11 is 5.13. The third-order valence-corrected chi connectivity index (χ3v) is 2.40. The van der Waals surface area contributed by atoms with Gasteiger partial charge in [0.05, 0.1) is 11.6 Å². The van der Waals surface area contributed by atoms with Crippen molar-refractivity contribution in [3.8, 4) is 6.07 Å². The summed E-state index contributed by atoms with van der Waals surface area (Å²) in [5.41, 5.74) is 1.56. The topological polar surface area (TPSA) is 47.9 Å². The summed E-state index contributed by atoms with van der Waals surface area (Å²) in [6.07, 6.45) is 2.41. The molecule has 1 aromatic rings. The molecule has 0 radical (unpaired) electrons. The molecule has 0 atom stereocenters. The van der Waals surface area contributed by atoms with Gasteiger partial charge in [0.2, 0.25) is 0 Å². The van der Waals surface area contributed by atoms with Gasteiger partial charge in [0.1, 0.15) is 0 Å². The lowest BCUT2D eigenvalue weighted by molar-refractivity contribution is 0.919. The Bertz CT molecular complexity index is 401. The molecule has 0 saturated heterocycles. The van der Waals surface area contributed by atoms with Crippen LogP contribution in [0, 0.1) is 11.3 Å². The predicted molar refractivity (Wildman–Crippen MR) is 63.5 cm³/mol. The SMILES string of the molecule is N#Cc1ccc(NC(=S)NC2CC2)cc1. The van der Waals surface area contributed by atoms with Crippen LogP contribution < -0.4 is 10.6 Å². The third kappa shape index (κ3) is 2.93. The Morgan fingerprint density at radius 3 is 2.53 bits per heavy atom. The fourth-order valence-electron chi connectivity index (χ4n) is 1.21. The van der Waals surface area contributed by atoms with Crippen LogP contribution in [0.4, 0.5) is 5.69 Å². The average Bonchev–Trinajstić information content (AvgIpc) is 3.03. The Morgan fingerprint density at radius 2 is 2.00 bits per heavy atom. The maximum atomic E-state index is 8.63. The minimum atomic E-state index is 0.559. The first-order valence-corrected chi connectivity index (χ1v) is 5.26. The van der Waals surface area contributed by atoms with Crippen LogP contribution in [0.2, 0.25) is 0 Å². The summed E-state index contributed by atoms with van der Waals surface area (Å²) in [5.74, 6) is 0. The first kappa shape index (κ1) is 9.94. The normalized spacial score (nSPS) is 14.1. The molecule has 1 aliphatic rings. The van der Waals surface area contributed by atoms with Crippen molar-refractivity contribution in [1.82, 2.24) is 5.32 Å². The highest BCUT2D eigenvalue weighted by molar-refractivity contribution is 7.80. The number of nitrogens with one attached hydrogen (secondary N) is 2. The third-order valence-electron chi connectivity index (χ3n) is 2.18. The van der Waals surface area contributed by atoms with Crippen molar-refractivity contribution in [1.29, 1.82) is 5.26 Å². The van der Waals surface area contributed by atoms with E-state index in [2.05, 4.69) is 16.7 Å². The molecule has 1 saturated carbocycles. The van der Waals surface area contributed by atoms with Crippen molar-refractivity contribution in [2.75, 3.05) is 5.32 Å². The van der Waals surface area contributed by atoms with E-state index in [-0.39, 0.29) is 0 Å². The molecule has 0 aliphatic heterocycles. The van der Waals surface area contributed by atoms with Crippen molar-refractivity contribution >= 4 is 23.0 Å². The van der Waals surface area contributed by atoms with Crippen LogP contribution in [0.3, 0.4) is 0 Å². The van der Waals surface area contributed by atoms with Crippen molar-refractivity contribution in [2.24, 2.45) is 0 Å². The lowest BCUT2D eigenvalue weighted by atomic mass is 10.2. The van der Waals surface area contributed by atoms with Crippen LogP contribution in [0.25, 0.3) is 0 Å². The molecule has 1 aliphatic carbocycles. The summed E-state index contributed by atoms with van der Waals surface area (Å²) in [4.78, 5) is 0. The number of nitriles is 1. The molecule has 4 heteroatoms. The molecule has 76 valence electrons. The van der Waals surface area contributed by atoms with Gasteiger partial charge >= 0.3 is 0 Å². The van der Waals surface area contributed by atoms with Gasteiger partial charge in [-0.15, -0.1) is 0 Å². The van der Waals surface area contributed by atoms with E-state index in [0.29, 0.717) is 16.7 Å². The molecule has 0 bridgehead atoms. The fourth-order valence-corrected chi connectivity index (χ4v) is 1.49. The van der Waals surface area contributed by atoms with E-state index < -0.39 is 0 Å². The monoisotopic (exact) mass is 217 g/mol. The number of hydrogen-bond acceptors (Lipinski definition) is 2. The molecule has 0 amide bonds. The zero-order chi connectivity index (χ0) is 10.7. The molecule has 3 nitrogen and oxygen atoms in total. The number of rotatable bonds is 2. The van der Waals surface area contributed by atoms with Crippen molar-refractivity contribution < 1.29 is 0 Å². The van der Waals surface area contributed by atoms with Crippen LogP contribution >= 0.6 is 12.2 Å². The van der Waals surface area contributed by atoms with Gasteiger partial charge in [0.25, 0.3) is 0 Å². The molecule has 1 fully saturated rings. The van der Waals surface area contributed by atoms with Gasteiger partial charge in [-0.25, -0.2) is 0 Å². The van der Waals surface area contributed by atoms with Crippen molar-refractivity contribution in [3.05, 3.63) is 29.8 Å². The van der Waals surface area contributed by atoms with E-state index in [1.165, 1.54) is 12.8 Å². The number of anilines is 1. The van der Waals surface area contributed by atoms with E-state index in [0.717, 1.165) is 5.69 Å². The Morgan fingerprint density at radius 1 is 1.33 bits per heavy atom. The first-order chi connectivity index (χ1) is 7.28. The van der Waals surface area contributed by atoms with E-state index in [4.69, 9.17) is 17.5 Å². The van der Waals surface area contributed by atoms with Gasteiger partial charge < -0.3 is 10.6 Å². The smallest absolute Gasteiger partial charge is 0.170 e. The average molecular weight is 217 g/mol. The van der Waals surface area contributed by atoms with E-state index in [1.54, 1.807) is 12.1 Å². The lowest BCUT2D eigenvalue weighted by Gasteiger charge is -2.09. The Balaban J connectivity index is 1.92. The minimum Gasteiger partial charge on any atom is -0.360 e. The van der Waals surface area contributed by atoms with Crippen LogP contribution in [0.5, 0.6) is 0 Å². The van der Waals surface area contributed by atoms with Crippen LogP contribution in [0.1, 0.15) is 18.4 Å². The van der Waals surface area contributed by atoms with Gasteiger partial charge in [-0.1, -0.05) is 0 Å². The highest BCUT2D eigenvalue weighted by Gasteiger charge is 2.21.